The molecule has 2 aromatic carbocycles. The Kier molecular flexibility index (Phi) is 10.8. The number of carbonyl (C=O) groups excluding carboxylic acids is 1. The normalized spacial score (nSPS) is 32.2. The molecule has 7 rings (SSSR count). The number of amides is 1. The molecule has 4 aliphatic heterocycles. The molecule has 272 valence electrons. The van der Waals surface area contributed by atoms with Crippen molar-refractivity contribution >= 4 is 40.0 Å². The molecule has 2 N–H and O–H groups in total. The Morgan fingerprint density at radius 3 is 2.74 bits per heavy atom. The highest BCUT2D eigenvalue weighted by atomic mass is 35.5. The Hall–Kier alpha value is -2.66. The van der Waals surface area contributed by atoms with Crippen molar-refractivity contribution in [3.8, 4) is 5.75 Å². The van der Waals surface area contributed by atoms with Crippen LogP contribution in [-0.4, -0.2) is 101 Å². The molecule has 2 bridgehead atoms. The van der Waals surface area contributed by atoms with Crippen LogP contribution in [0.1, 0.15) is 86.7 Å². The lowest BCUT2D eigenvalue weighted by atomic mass is 9.62. The first kappa shape index (κ1) is 35.7. The van der Waals surface area contributed by atoms with Crippen LogP contribution in [0.5, 0.6) is 5.75 Å². The van der Waals surface area contributed by atoms with Crippen molar-refractivity contribution in [3.63, 3.8) is 0 Å². The average Bonchev–Trinajstić information content (AvgIpc) is 3.47. The van der Waals surface area contributed by atoms with Gasteiger partial charge in [0, 0.05) is 55.8 Å². The summed E-state index contributed by atoms with van der Waals surface area (Å²) in [6.07, 6.45) is 6.40. The molecule has 4 heterocycles. The molecule has 1 aliphatic carbocycles. The number of fused-ring (bicyclic) bond motifs is 3. The summed E-state index contributed by atoms with van der Waals surface area (Å²) in [6, 6.07) is 11.8. The van der Waals surface area contributed by atoms with Crippen LogP contribution < -0.4 is 14.4 Å². The molecule has 1 amide bonds. The molecule has 7 atom stereocenters. The monoisotopic (exact) mass is 723 g/mol. The topological polar surface area (TPSA) is 97.7 Å². The van der Waals surface area contributed by atoms with Crippen LogP contribution in [0.3, 0.4) is 0 Å². The number of halogens is 1. The van der Waals surface area contributed by atoms with Crippen LogP contribution in [0.2, 0.25) is 5.02 Å². The van der Waals surface area contributed by atoms with Crippen molar-refractivity contribution in [2.45, 2.75) is 82.5 Å². The number of nitrogens with zero attached hydrogens (tertiary/aromatic N) is 4. The second kappa shape index (κ2) is 15.1. The lowest BCUT2D eigenvalue weighted by Crippen LogP contribution is -2.59. The van der Waals surface area contributed by atoms with E-state index in [2.05, 4.69) is 45.4 Å². The van der Waals surface area contributed by atoms with E-state index in [1.165, 1.54) is 11.1 Å². The minimum atomic E-state index is -1.54. The molecule has 0 spiro atoms. The number of hydrogen-bond donors (Lipinski definition) is 2. The largest absolute Gasteiger partial charge is 0.491 e. The zero-order valence-electron chi connectivity index (χ0n) is 29.9. The smallest absolute Gasteiger partial charge is 0.263 e. The number of rotatable bonds is 5. The number of ether oxygens (including phenoxy) is 1. The molecule has 7 unspecified atom stereocenters. The van der Waals surface area contributed by atoms with Gasteiger partial charge in [0.15, 0.2) is 0 Å². The zero-order chi connectivity index (χ0) is 35.0. The van der Waals surface area contributed by atoms with E-state index in [0.717, 1.165) is 107 Å². The molecular formula is C39H54ClN5O4S. The third-order valence-corrected chi connectivity index (χ3v) is 14.0. The predicted octanol–water partition coefficient (Wildman–Crippen LogP) is 5.66. The van der Waals surface area contributed by atoms with Crippen LogP contribution in [0.4, 0.5) is 5.69 Å². The van der Waals surface area contributed by atoms with Gasteiger partial charge in [0.05, 0.1) is 36.2 Å². The van der Waals surface area contributed by atoms with Gasteiger partial charge >= 0.3 is 0 Å². The highest BCUT2D eigenvalue weighted by Crippen LogP contribution is 2.47. The lowest BCUT2D eigenvalue weighted by molar-refractivity contribution is -0.105. The molecule has 11 heteroatoms. The summed E-state index contributed by atoms with van der Waals surface area (Å²) in [6.45, 7) is 13.5. The molecule has 5 aliphatic rings. The van der Waals surface area contributed by atoms with E-state index in [1.807, 2.05) is 25.1 Å². The molecule has 50 heavy (non-hydrogen) atoms. The number of hydrogen-bond acceptors (Lipinski definition) is 8. The van der Waals surface area contributed by atoms with E-state index in [4.69, 9.17) is 21.3 Å². The summed E-state index contributed by atoms with van der Waals surface area (Å²) < 4.78 is 22.8. The van der Waals surface area contributed by atoms with Gasteiger partial charge in [-0.2, -0.15) is 0 Å². The van der Waals surface area contributed by atoms with Crippen molar-refractivity contribution in [1.82, 2.24) is 14.5 Å². The molecule has 0 aromatic heterocycles. The number of amidine groups is 1. The van der Waals surface area contributed by atoms with Gasteiger partial charge in [0.25, 0.3) is 5.91 Å². The molecule has 9 nitrogen and oxygen atoms in total. The van der Waals surface area contributed by atoms with Crippen LogP contribution >= 0.6 is 11.6 Å². The summed E-state index contributed by atoms with van der Waals surface area (Å²) in [5.41, 5.74) is 3.03. The number of benzene rings is 2. The first-order valence-electron chi connectivity index (χ1n) is 18.9. The van der Waals surface area contributed by atoms with E-state index in [1.54, 1.807) is 6.07 Å². The highest BCUT2D eigenvalue weighted by molar-refractivity contribution is 7.84. The summed E-state index contributed by atoms with van der Waals surface area (Å²) in [7, 11) is -1.54. The van der Waals surface area contributed by atoms with Gasteiger partial charge in [-0.15, -0.1) is 0 Å². The number of carbonyl (C=O) groups is 1. The molecule has 1 saturated heterocycles. The number of aliphatic hydroxyl groups is 1. The number of aryl methyl sites for hydroxylation is 1. The number of piperazine rings is 1. The second-order valence-corrected chi connectivity index (χ2v) is 17.5. The summed E-state index contributed by atoms with van der Waals surface area (Å²) >= 11 is 6.48. The van der Waals surface area contributed by atoms with Gasteiger partial charge in [0.2, 0.25) is 0 Å². The van der Waals surface area contributed by atoms with Crippen LogP contribution in [0.25, 0.3) is 0 Å². The number of anilines is 1. The maximum atomic E-state index is 13.5. The minimum Gasteiger partial charge on any atom is -0.491 e. The molecule has 2 fully saturated rings. The van der Waals surface area contributed by atoms with Crippen molar-refractivity contribution in [3.05, 3.63) is 58.1 Å². The van der Waals surface area contributed by atoms with E-state index >= 15 is 0 Å². The number of nitrogens with one attached hydrogen (secondary N) is 1. The Morgan fingerprint density at radius 2 is 1.94 bits per heavy atom. The Balaban J connectivity index is 1.23. The molecule has 1 saturated carbocycles. The van der Waals surface area contributed by atoms with Crippen molar-refractivity contribution < 1.29 is 18.8 Å². The van der Waals surface area contributed by atoms with Gasteiger partial charge in [-0.3, -0.25) is 19.4 Å². The van der Waals surface area contributed by atoms with E-state index < -0.39 is 16.6 Å². The quantitative estimate of drug-likeness (QED) is 0.411. The van der Waals surface area contributed by atoms with E-state index in [-0.39, 0.29) is 28.9 Å². The van der Waals surface area contributed by atoms with Gasteiger partial charge in [-0.05, 0) is 98.2 Å². The van der Waals surface area contributed by atoms with Crippen LogP contribution in [0, 0.1) is 17.8 Å². The van der Waals surface area contributed by atoms with Crippen LogP contribution in [-0.2, 0) is 17.4 Å². The SMILES string of the molecule is CCCc1cc(Cl)ccc1C1COc2ccc3cc2N(C1)CC1CCC1C(O)(CN1CCN2CCN=C2C1)CCCC(C)C(C)S(=O)NC3=O. The van der Waals surface area contributed by atoms with Gasteiger partial charge in [0.1, 0.15) is 22.6 Å². The van der Waals surface area contributed by atoms with E-state index in [0.29, 0.717) is 31.1 Å². The number of β-amino-alcohol motifs (C(OH)–C–C–N with tert-alkyl or cyclic N) is 1. The lowest BCUT2D eigenvalue weighted by Gasteiger charge is -2.51. The third kappa shape index (κ3) is 7.46. The first-order valence-corrected chi connectivity index (χ1v) is 20.5. The fraction of sp³-hybridized carbons (Fsp3) is 0.641. The molecule has 0 radical (unpaired) electrons. The Labute approximate surface area is 305 Å². The standard InChI is InChI=1S/C39H54ClN5O4S/c1-4-6-28-19-32(40)10-11-33(28)31-22-45-21-30-8-12-34(30)39(47,25-43-17-18-44-16-15-41-37(44)23-43)14-5-7-26(2)27(3)50(48)42-38(46)29-9-13-36(49-24-31)35(45)20-29/h9-11,13,19-20,26-27,30-31,34,47H,4-8,12,14-18,21-25H2,1-3H3,(H,42,46). The summed E-state index contributed by atoms with van der Waals surface area (Å²) in [5, 5.41) is 13.3. The summed E-state index contributed by atoms with van der Waals surface area (Å²) in [5.74, 6) is 2.26. The van der Waals surface area contributed by atoms with Crippen molar-refractivity contribution in [1.29, 1.82) is 0 Å². The highest BCUT2D eigenvalue weighted by Gasteiger charge is 2.48. The first-order chi connectivity index (χ1) is 24.1. The van der Waals surface area contributed by atoms with Crippen LogP contribution in [0.15, 0.2) is 41.4 Å². The fourth-order valence-electron chi connectivity index (χ4n) is 9.02. The van der Waals surface area contributed by atoms with Crippen molar-refractivity contribution in [2.75, 3.05) is 63.9 Å². The molecular weight excluding hydrogens is 670 g/mol. The van der Waals surface area contributed by atoms with Gasteiger partial charge < -0.3 is 19.6 Å². The van der Waals surface area contributed by atoms with Crippen molar-refractivity contribution in [2.24, 2.45) is 22.7 Å². The third-order valence-electron chi connectivity index (χ3n) is 12.2. The minimum absolute atomic E-state index is 0.0971. The second-order valence-electron chi connectivity index (χ2n) is 15.5. The van der Waals surface area contributed by atoms with Gasteiger partial charge in [-0.25, -0.2) is 4.21 Å². The predicted molar refractivity (Wildman–Crippen MR) is 202 cm³/mol. The average molecular weight is 724 g/mol. The van der Waals surface area contributed by atoms with Gasteiger partial charge in [-0.1, -0.05) is 44.4 Å². The summed E-state index contributed by atoms with van der Waals surface area (Å²) in [4.78, 5) is 25.5. The Morgan fingerprint density at radius 1 is 1.08 bits per heavy atom. The zero-order valence-corrected chi connectivity index (χ0v) is 31.5. The fourth-order valence-corrected chi connectivity index (χ4v) is 10.3. The maximum absolute atomic E-state index is 13.5. The number of aliphatic imine (C=N–C) groups is 1. The maximum Gasteiger partial charge on any atom is 0.263 e. The van der Waals surface area contributed by atoms with E-state index in [9.17, 15) is 14.1 Å². The molecule has 2 aromatic rings. The Bertz CT molecular complexity index is 1620.